The number of carbonyl (C=O) groups excluding carboxylic acids is 2. The van der Waals surface area contributed by atoms with E-state index in [1.165, 1.54) is 22.9 Å². The summed E-state index contributed by atoms with van der Waals surface area (Å²) in [6.45, 7) is 4.95. The molecule has 2 aromatic rings. The zero-order valence-corrected chi connectivity index (χ0v) is 18.3. The highest BCUT2D eigenvalue weighted by atomic mass is 19.1. The first-order valence-corrected chi connectivity index (χ1v) is 11.0. The van der Waals surface area contributed by atoms with Gasteiger partial charge in [0.2, 0.25) is 11.8 Å². The molecule has 10 heteroatoms. The molecule has 0 aromatic carbocycles. The van der Waals surface area contributed by atoms with Crippen molar-refractivity contribution in [3.63, 3.8) is 0 Å². The maximum absolute atomic E-state index is 13.3. The molecule has 2 aliphatic rings. The van der Waals surface area contributed by atoms with E-state index >= 15 is 0 Å². The second kappa shape index (κ2) is 8.76. The van der Waals surface area contributed by atoms with E-state index in [-0.39, 0.29) is 23.4 Å². The number of carbonyl (C=O) groups is 2. The minimum absolute atomic E-state index is 0.0279. The normalized spacial score (nSPS) is 17.6. The Morgan fingerprint density at radius 1 is 1.28 bits per heavy atom. The molecule has 9 nitrogen and oxygen atoms in total. The highest BCUT2D eigenvalue weighted by molar-refractivity contribution is 5.97. The van der Waals surface area contributed by atoms with Gasteiger partial charge >= 0.3 is 0 Å². The van der Waals surface area contributed by atoms with E-state index in [1.54, 1.807) is 4.90 Å². The van der Waals surface area contributed by atoms with Crippen LogP contribution >= 0.6 is 0 Å². The Balaban J connectivity index is 1.72. The number of rotatable bonds is 6. The Morgan fingerprint density at radius 2 is 1.97 bits per heavy atom. The summed E-state index contributed by atoms with van der Waals surface area (Å²) in [6.07, 6.45) is 5.80. The predicted molar refractivity (Wildman–Crippen MR) is 116 cm³/mol. The molecule has 0 spiro atoms. The molecule has 2 amide bonds. The van der Waals surface area contributed by atoms with E-state index in [1.807, 2.05) is 13.8 Å². The van der Waals surface area contributed by atoms with Crippen LogP contribution in [0, 0.1) is 5.92 Å². The van der Waals surface area contributed by atoms with Gasteiger partial charge in [-0.05, 0) is 37.7 Å². The van der Waals surface area contributed by atoms with E-state index < -0.39 is 23.5 Å². The maximum Gasteiger partial charge on any atom is 0.291 e. The smallest absolute Gasteiger partial charge is 0.291 e. The van der Waals surface area contributed by atoms with E-state index in [4.69, 9.17) is 0 Å². The van der Waals surface area contributed by atoms with Crippen LogP contribution < -0.4 is 10.9 Å². The lowest BCUT2D eigenvalue weighted by molar-refractivity contribution is -0.127. The molecule has 1 saturated heterocycles. The number of piperidine rings is 1. The van der Waals surface area contributed by atoms with Gasteiger partial charge in [-0.15, -0.1) is 0 Å². The second-order valence-electron chi connectivity index (χ2n) is 8.92. The summed E-state index contributed by atoms with van der Waals surface area (Å²) in [5.74, 6) is -1.19. The van der Waals surface area contributed by atoms with Crippen molar-refractivity contribution in [1.29, 1.82) is 0 Å². The predicted octanol–water partition coefficient (Wildman–Crippen LogP) is 1.72. The SMILES string of the molecule is CC(C)Cn1c(O)c(C(=O)NC2CC2)c(=O)n2ncc(C=CC(=O)N3CCC(F)CC3)c12. The van der Waals surface area contributed by atoms with Gasteiger partial charge in [-0.3, -0.25) is 19.0 Å². The van der Waals surface area contributed by atoms with Crippen molar-refractivity contribution in [2.24, 2.45) is 5.92 Å². The van der Waals surface area contributed by atoms with Crippen LogP contribution in [0.2, 0.25) is 0 Å². The van der Waals surface area contributed by atoms with Gasteiger partial charge < -0.3 is 15.3 Å². The van der Waals surface area contributed by atoms with Gasteiger partial charge in [-0.25, -0.2) is 4.39 Å². The van der Waals surface area contributed by atoms with Crippen molar-refractivity contribution in [2.45, 2.75) is 58.3 Å². The third-order valence-corrected chi connectivity index (χ3v) is 5.74. The van der Waals surface area contributed by atoms with Crippen LogP contribution in [-0.4, -0.2) is 61.3 Å². The molecule has 2 fully saturated rings. The van der Waals surface area contributed by atoms with E-state index in [0.717, 1.165) is 17.4 Å². The van der Waals surface area contributed by atoms with Crippen molar-refractivity contribution >= 4 is 23.5 Å². The van der Waals surface area contributed by atoms with Crippen molar-refractivity contribution in [3.05, 3.63) is 33.8 Å². The summed E-state index contributed by atoms with van der Waals surface area (Å²) < 4.78 is 15.9. The van der Waals surface area contributed by atoms with Crippen molar-refractivity contribution in [1.82, 2.24) is 24.4 Å². The van der Waals surface area contributed by atoms with Crippen molar-refractivity contribution < 1.29 is 19.1 Å². The summed E-state index contributed by atoms with van der Waals surface area (Å²) in [7, 11) is 0. The number of nitrogens with zero attached hydrogens (tertiary/aromatic N) is 4. The van der Waals surface area contributed by atoms with Crippen LogP contribution in [0.15, 0.2) is 17.1 Å². The Kier molecular flexibility index (Phi) is 6.03. The van der Waals surface area contributed by atoms with Crippen molar-refractivity contribution in [3.8, 4) is 5.88 Å². The number of aromatic hydroxyl groups is 1. The minimum Gasteiger partial charge on any atom is -0.494 e. The van der Waals surface area contributed by atoms with Crippen LogP contribution in [0.4, 0.5) is 4.39 Å². The number of aromatic nitrogens is 3. The number of hydrogen-bond acceptors (Lipinski definition) is 5. The molecule has 172 valence electrons. The van der Waals surface area contributed by atoms with Crippen LogP contribution in [0.5, 0.6) is 5.88 Å². The van der Waals surface area contributed by atoms with E-state index in [2.05, 4.69) is 10.4 Å². The summed E-state index contributed by atoms with van der Waals surface area (Å²) in [4.78, 5) is 39.7. The zero-order valence-electron chi connectivity index (χ0n) is 18.3. The molecule has 1 saturated carbocycles. The number of likely N-dealkylation sites (tertiary alicyclic amines) is 1. The van der Waals surface area contributed by atoms with Crippen LogP contribution in [0.25, 0.3) is 11.7 Å². The first-order chi connectivity index (χ1) is 15.3. The largest absolute Gasteiger partial charge is 0.494 e. The number of halogens is 1. The molecule has 1 aliphatic heterocycles. The molecule has 4 rings (SSSR count). The summed E-state index contributed by atoms with van der Waals surface area (Å²) in [6, 6.07) is 0.0279. The van der Waals surface area contributed by atoms with Gasteiger partial charge in [0.1, 0.15) is 11.8 Å². The number of nitrogens with one attached hydrogen (secondary N) is 1. The lowest BCUT2D eigenvalue weighted by Crippen LogP contribution is -2.38. The lowest BCUT2D eigenvalue weighted by Gasteiger charge is -2.27. The molecule has 2 N–H and O–H groups in total. The van der Waals surface area contributed by atoms with Crippen LogP contribution in [0.3, 0.4) is 0 Å². The minimum atomic E-state index is -0.873. The summed E-state index contributed by atoms with van der Waals surface area (Å²) in [5.41, 5.74) is -0.294. The first-order valence-electron chi connectivity index (χ1n) is 11.0. The Morgan fingerprint density at radius 3 is 2.59 bits per heavy atom. The standard InChI is InChI=1S/C22H28FN5O4/c1-13(2)12-27-20-14(3-6-17(29)26-9-7-15(23)8-10-26)11-24-28(20)22(32)18(21(27)31)19(30)25-16-4-5-16/h3,6,11,13,15-16,31H,4-5,7-10,12H2,1-2H3,(H,25,30). The first kappa shape index (κ1) is 22.0. The quantitative estimate of drug-likeness (QED) is 0.658. The monoisotopic (exact) mass is 445 g/mol. The van der Waals surface area contributed by atoms with Gasteiger partial charge in [0.15, 0.2) is 5.56 Å². The second-order valence-corrected chi connectivity index (χ2v) is 8.92. The highest BCUT2D eigenvalue weighted by Gasteiger charge is 2.30. The Labute approximate surface area is 184 Å². The molecule has 0 atom stereocenters. The number of amides is 2. The average molecular weight is 445 g/mol. The molecule has 1 aliphatic carbocycles. The van der Waals surface area contributed by atoms with Gasteiger partial charge in [-0.2, -0.15) is 9.61 Å². The molecule has 0 unspecified atom stereocenters. The van der Waals surface area contributed by atoms with Gasteiger partial charge in [-0.1, -0.05) is 13.8 Å². The molecule has 32 heavy (non-hydrogen) atoms. The third kappa shape index (κ3) is 4.39. The topological polar surface area (TPSA) is 109 Å². The molecular formula is C22H28FN5O4. The number of alkyl halides is 1. The van der Waals surface area contributed by atoms with Crippen molar-refractivity contribution in [2.75, 3.05) is 13.1 Å². The van der Waals surface area contributed by atoms with Gasteiger partial charge in [0, 0.05) is 37.3 Å². The van der Waals surface area contributed by atoms with Crippen LogP contribution in [-0.2, 0) is 11.3 Å². The average Bonchev–Trinajstić information content (AvgIpc) is 3.45. The Bertz CT molecular complexity index is 1120. The maximum atomic E-state index is 13.3. The van der Waals surface area contributed by atoms with Crippen LogP contribution in [0.1, 0.15) is 55.5 Å². The molecule has 0 radical (unpaired) electrons. The fourth-order valence-corrected chi connectivity index (χ4v) is 3.88. The summed E-state index contributed by atoms with van der Waals surface area (Å²) in [5, 5.41) is 17.8. The van der Waals surface area contributed by atoms with E-state index in [9.17, 15) is 23.9 Å². The fourth-order valence-electron chi connectivity index (χ4n) is 3.88. The molecule has 3 heterocycles. The summed E-state index contributed by atoms with van der Waals surface area (Å²) >= 11 is 0. The molecular weight excluding hydrogens is 417 g/mol. The molecule has 2 aromatic heterocycles. The highest BCUT2D eigenvalue weighted by Crippen LogP contribution is 2.24. The lowest BCUT2D eigenvalue weighted by atomic mass is 10.1. The number of fused-ring (bicyclic) bond motifs is 1. The molecule has 0 bridgehead atoms. The fraction of sp³-hybridized carbons (Fsp3) is 0.545. The Hall–Kier alpha value is -3.17. The number of hydrogen-bond donors (Lipinski definition) is 2. The van der Waals surface area contributed by atoms with Gasteiger partial charge in [0.05, 0.1) is 6.20 Å². The zero-order chi connectivity index (χ0) is 23.0. The van der Waals surface area contributed by atoms with Gasteiger partial charge in [0.25, 0.3) is 11.5 Å². The van der Waals surface area contributed by atoms with E-state index in [0.29, 0.717) is 43.7 Å². The third-order valence-electron chi connectivity index (χ3n) is 5.74.